The van der Waals surface area contributed by atoms with E-state index in [4.69, 9.17) is 14.2 Å². The van der Waals surface area contributed by atoms with Crippen molar-refractivity contribution in [3.63, 3.8) is 0 Å². The van der Waals surface area contributed by atoms with Gasteiger partial charge in [-0.15, -0.1) is 0 Å². The molecule has 2 aliphatic heterocycles. The van der Waals surface area contributed by atoms with E-state index >= 15 is 0 Å². The summed E-state index contributed by atoms with van der Waals surface area (Å²) >= 11 is 0. The van der Waals surface area contributed by atoms with E-state index in [0.717, 1.165) is 37.3 Å². The molecule has 1 saturated carbocycles. The van der Waals surface area contributed by atoms with Gasteiger partial charge in [0, 0.05) is 24.6 Å². The molecule has 5 nitrogen and oxygen atoms in total. The maximum atomic E-state index is 13.1. The van der Waals surface area contributed by atoms with Crippen LogP contribution in [0.25, 0.3) is 0 Å². The van der Waals surface area contributed by atoms with Crippen molar-refractivity contribution in [2.45, 2.75) is 62.2 Å². The number of benzene rings is 1. The first-order valence-electron chi connectivity index (χ1n) is 9.34. The maximum Gasteiger partial charge on any atom is 0.177 e. The van der Waals surface area contributed by atoms with Crippen molar-refractivity contribution >= 4 is 5.78 Å². The Kier molecular flexibility index (Phi) is 2.99. The highest BCUT2D eigenvalue weighted by Crippen LogP contribution is 2.68. The standard InChI is InChI=1S/C20H25NO4/c1-4-24-20-8-7-15(22)18(2)19(20)9-10-21-14(20)11-12-5-6-13(23-3)17(25-18)16(12)19/h5-6,14,21H,4,7-11H2,1-3H3/t14-,18+,19+,20-/m1/s1. The normalized spacial score (nSPS) is 40.4. The molecule has 1 saturated heterocycles. The number of ether oxygens (including phenoxy) is 3. The molecule has 1 aromatic rings. The summed E-state index contributed by atoms with van der Waals surface area (Å²) in [6.45, 7) is 5.55. The van der Waals surface area contributed by atoms with Gasteiger partial charge in [0.1, 0.15) is 0 Å². The van der Waals surface area contributed by atoms with E-state index in [9.17, 15) is 4.79 Å². The van der Waals surface area contributed by atoms with E-state index in [1.807, 2.05) is 19.9 Å². The van der Waals surface area contributed by atoms with Crippen molar-refractivity contribution in [2.24, 2.45) is 0 Å². The number of rotatable bonds is 3. The van der Waals surface area contributed by atoms with Crippen LogP contribution >= 0.6 is 0 Å². The zero-order valence-electron chi connectivity index (χ0n) is 15.1. The second-order valence-corrected chi connectivity index (χ2v) is 7.88. The average Bonchev–Trinajstić information content (AvgIpc) is 2.87. The van der Waals surface area contributed by atoms with Gasteiger partial charge in [-0.3, -0.25) is 4.79 Å². The van der Waals surface area contributed by atoms with Gasteiger partial charge in [-0.25, -0.2) is 0 Å². The highest BCUT2D eigenvalue weighted by Gasteiger charge is 2.77. The van der Waals surface area contributed by atoms with Crippen LogP contribution in [0.4, 0.5) is 0 Å². The van der Waals surface area contributed by atoms with Crippen LogP contribution in [0, 0.1) is 0 Å². The Bertz CT molecular complexity index is 777. The number of carbonyl (C=O) groups excluding carboxylic acids is 1. The van der Waals surface area contributed by atoms with Crippen LogP contribution < -0.4 is 14.8 Å². The third-order valence-corrected chi connectivity index (χ3v) is 7.23. The number of ketones is 1. The van der Waals surface area contributed by atoms with Crippen LogP contribution in [0.15, 0.2) is 12.1 Å². The van der Waals surface area contributed by atoms with Gasteiger partial charge < -0.3 is 19.5 Å². The zero-order chi connectivity index (χ0) is 17.4. The summed E-state index contributed by atoms with van der Waals surface area (Å²) in [5.74, 6) is 1.68. The maximum absolute atomic E-state index is 13.1. The Morgan fingerprint density at radius 2 is 2.20 bits per heavy atom. The molecular formula is C20H25NO4. The van der Waals surface area contributed by atoms with Gasteiger partial charge in [-0.2, -0.15) is 0 Å². The lowest BCUT2D eigenvalue weighted by Crippen LogP contribution is -2.80. The summed E-state index contributed by atoms with van der Waals surface area (Å²) in [6.07, 6.45) is 3.01. The van der Waals surface area contributed by atoms with Gasteiger partial charge in [0.15, 0.2) is 22.9 Å². The fourth-order valence-electron chi connectivity index (χ4n) is 6.35. The molecule has 2 heterocycles. The van der Waals surface area contributed by atoms with Gasteiger partial charge >= 0.3 is 0 Å². The summed E-state index contributed by atoms with van der Waals surface area (Å²) in [4.78, 5) is 13.1. The van der Waals surface area contributed by atoms with Crippen LogP contribution in [0.5, 0.6) is 11.5 Å². The van der Waals surface area contributed by atoms with Crippen molar-refractivity contribution in [1.82, 2.24) is 5.32 Å². The van der Waals surface area contributed by atoms with Crippen LogP contribution in [0.3, 0.4) is 0 Å². The Labute approximate surface area is 148 Å². The van der Waals surface area contributed by atoms with Crippen molar-refractivity contribution in [1.29, 1.82) is 0 Å². The fourth-order valence-corrected chi connectivity index (χ4v) is 6.35. The number of piperidine rings is 1. The summed E-state index contributed by atoms with van der Waals surface area (Å²) in [5.41, 5.74) is 0.731. The summed E-state index contributed by atoms with van der Waals surface area (Å²) in [7, 11) is 1.66. The van der Waals surface area contributed by atoms with Gasteiger partial charge in [0.2, 0.25) is 0 Å². The molecule has 2 bridgehead atoms. The van der Waals surface area contributed by atoms with E-state index < -0.39 is 16.6 Å². The predicted molar refractivity (Wildman–Crippen MR) is 92.4 cm³/mol. The molecule has 0 amide bonds. The van der Waals surface area contributed by atoms with Crippen LogP contribution in [-0.4, -0.2) is 43.3 Å². The average molecular weight is 343 g/mol. The van der Waals surface area contributed by atoms with Gasteiger partial charge in [0.05, 0.1) is 18.1 Å². The molecule has 2 fully saturated rings. The minimum absolute atomic E-state index is 0.189. The highest BCUT2D eigenvalue weighted by atomic mass is 16.5. The first kappa shape index (κ1) is 15.6. The summed E-state index contributed by atoms with van der Waals surface area (Å²) in [5, 5.41) is 3.69. The number of Topliss-reactive ketones (excluding diaryl/α,β-unsaturated/α-hetero) is 1. The minimum Gasteiger partial charge on any atom is -0.493 e. The number of carbonyl (C=O) groups is 1. The molecule has 0 aromatic heterocycles. The molecular weight excluding hydrogens is 318 g/mol. The predicted octanol–water partition coefficient (Wildman–Crippen LogP) is 2.14. The first-order chi connectivity index (χ1) is 12.0. The van der Waals surface area contributed by atoms with Crippen LogP contribution in [0.2, 0.25) is 0 Å². The van der Waals surface area contributed by atoms with Crippen LogP contribution in [0.1, 0.15) is 44.2 Å². The third kappa shape index (κ3) is 1.48. The fraction of sp³-hybridized carbons (Fsp3) is 0.650. The summed E-state index contributed by atoms with van der Waals surface area (Å²) in [6, 6.07) is 4.33. The van der Waals surface area contributed by atoms with Gasteiger partial charge in [0.25, 0.3) is 0 Å². The SMILES string of the molecule is CCO[C@@]12CCC(=O)[C@]3(C)Oc4c(OC)ccc5c4[C@@]31CCN[C@@H]2C5. The van der Waals surface area contributed by atoms with Crippen molar-refractivity contribution < 1.29 is 19.0 Å². The number of hydrogen-bond donors (Lipinski definition) is 1. The van der Waals surface area contributed by atoms with E-state index in [2.05, 4.69) is 11.4 Å². The lowest BCUT2D eigenvalue weighted by molar-refractivity contribution is -0.207. The molecule has 5 heteroatoms. The van der Waals surface area contributed by atoms with E-state index in [0.29, 0.717) is 13.0 Å². The van der Waals surface area contributed by atoms with Gasteiger partial charge in [-0.1, -0.05) is 6.07 Å². The van der Waals surface area contributed by atoms with Crippen molar-refractivity contribution in [3.05, 3.63) is 23.3 Å². The minimum atomic E-state index is -0.882. The van der Waals surface area contributed by atoms with Crippen LogP contribution in [-0.2, 0) is 21.4 Å². The van der Waals surface area contributed by atoms with Gasteiger partial charge in [-0.05, 0) is 51.3 Å². The topological polar surface area (TPSA) is 56.8 Å². The molecule has 5 rings (SSSR count). The zero-order valence-corrected chi connectivity index (χ0v) is 15.1. The second kappa shape index (κ2) is 4.77. The monoisotopic (exact) mass is 343 g/mol. The quantitative estimate of drug-likeness (QED) is 0.911. The second-order valence-electron chi connectivity index (χ2n) is 7.88. The summed E-state index contributed by atoms with van der Waals surface area (Å²) < 4.78 is 18.6. The first-order valence-corrected chi connectivity index (χ1v) is 9.34. The Balaban J connectivity index is 1.89. The molecule has 1 spiro atoms. The smallest absolute Gasteiger partial charge is 0.177 e. The van der Waals surface area contributed by atoms with Crippen molar-refractivity contribution in [3.8, 4) is 11.5 Å². The Morgan fingerprint density at radius 1 is 1.36 bits per heavy atom. The Morgan fingerprint density at radius 3 is 2.96 bits per heavy atom. The molecule has 25 heavy (non-hydrogen) atoms. The lowest BCUT2D eigenvalue weighted by atomic mass is 9.45. The third-order valence-electron chi connectivity index (χ3n) is 7.23. The molecule has 1 N–H and O–H groups in total. The largest absolute Gasteiger partial charge is 0.493 e. The van der Waals surface area contributed by atoms with E-state index in [-0.39, 0.29) is 11.8 Å². The number of hydrogen-bond acceptors (Lipinski definition) is 5. The number of nitrogens with one attached hydrogen (secondary N) is 1. The molecule has 2 aliphatic carbocycles. The van der Waals surface area contributed by atoms with E-state index in [1.54, 1.807) is 7.11 Å². The highest BCUT2D eigenvalue weighted by molar-refractivity contribution is 5.94. The molecule has 0 radical (unpaired) electrons. The Hall–Kier alpha value is -1.59. The molecule has 4 aliphatic rings. The molecule has 4 atom stereocenters. The molecule has 0 unspecified atom stereocenters. The number of methoxy groups -OCH3 is 1. The van der Waals surface area contributed by atoms with Crippen molar-refractivity contribution in [2.75, 3.05) is 20.3 Å². The molecule has 1 aromatic carbocycles. The van der Waals surface area contributed by atoms with E-state index in [1.165, 1.54) is 11.1 Å². The molecule has 134 valence electrons. The lowest BCUT2D eigenvalue weighted by Gasteiger charge is -2.64.